The highest BCUT2D eigenvalue weighted by molar-refractivity contribution is 7.89. The number of halogens is 4. The number of sulfonamides is 1. The first-order valence-electron chi connectivity index (χ1n) is 8.88. The Hall–Kier alpha value is -3.09. The van der Waals surface area contributed by atoms with Gasteiger partial charge in [-0.05, 0) is 29.8 Å². The lowest BCUT2D eigenvalue weighted by atomic mass is 10.2. The highest BCUT2D eigenvalue weighted by Crippen LogP contribution is 2.33. The van der Waals surface area contributed by atoms with Gasteiger partial charge in [-0.3, -0.25) is 4.79 Å². The maximum Gasteiger partial charge on any atom is 0.435 e. The molecule has 0 atom stereocenters. The predicted octanol–water partition coefficient (Wildman–Crippen LogP) is 2.89. The summed E-state index contributed by atoms with van der Waals surface area (Å²) in [7, 11) is -3.83. The zero-order valence-electron chi connectivity index (χ0n) is 16.1. The minimum Gasteiger partial charge on any atom is -0.467 e. The van der Waals surface area contributed by atoms with Crippen LogP contribution in [-0.2, 0) is 27.5 Å². The normalized spacial score (nSPS) is 11.9. The number of aromatic nitrogens is 2. The summed E-state index contributed by atoms with van der Waals surface area (Å²) < 4.78 is 68.0. The molecule has 8 nitrogen and oxygen atoms in total. The number of amides is 1. The third-order valence-electron chi connectivity index (χ3n) is 4.14. The third kappa shape index (κ3) is 5.78. The Balaban J connectivity index is 1.69. The molecular formula is C19H16ClF3N4O4S. The number of carbonyl (C=O) groups excluding carboxylic acids is 1. The third-order valence-corrected chi connectivity index (χ3v) is 5.39. The van der Waals surface area contributed by atoms with Gasteiger partial charge in [-0.25, -0.2) is 13.6 Å². The van der Waals surface area contributed by atoms with Gasteiger partial charge in [0.05, 0.1) is 15.6 Å². The lowest BCUT2D eigenvalue weighted by Crippen LogP contribution is -2.28. The second kappa shape index (κ2) is 9.18. The minimum absolute atomic E-state index is 0.0324. The Morgan fingerprint density at radius 1 is 1.16 bits per heavy atom. The summed E-state index contributed by atoms with van der Waals surface area (Å²) in [6, 6.07) is 12.3. The molecule has 1 amide bonds. The summed E-state index contributed by atoms with van der Waals surface area (Å²) >= 11 is 6.05. The maximum atomic E-state index is 13.1. The van der Waals surface area contributed by atoms with Gasteiger partial charge in [0.1, 0.15) is 0 Å². The van der Waals surface area contributed by atoms with Gasteiger partial charge in [0.25, 0.3) is 5.91 Å². The molecule has 0 unspecified atom stereocenters. The molecule has 0 aliphatic rings. The molecule has 2 aromatic carbocycles. The molecular weight excluding hydrogens is 473 g/mol. The van der Waals surface area contributed by atoms with Crippen LogP contribution in [0.4, 0.5) is 13.2 Å². The van der Waals surface area contributed by atoms with Crippen LogP contribution < -0.4 is 15.2 Å². The number of alkyl halides is 3. The quantitative estimate of drug-likeness (QED) is 0.530. The Kier molecular flexibility index (Phi) is 6.77. The van der Waals surface area contributed by atoms with Crippen molar-refractivity contribution in [2.45, 2.75) is 17.6 Å². The zero-order valence-corrected chi connectivity index (χ0v) is 17.7. The molecule has 3 rings (SSSR count). The molecule has 170 valence electrons. The Labute approximate surface area is 185 Å². The van der Waals surface area contributed by atoms with Crippen molar-refractivity contribution in [1.82, 2.24) is 15.1 Å². The van der Waals surface area contributed by atoms with Crippen LogP contribution in [0.5, 0.6) is 5.88 Å². The fraction of sp³-hybridized carbons (Fsp3) is 0.158. The number of rotatable bonds is 7. The van der Waals surface area contributed by atoms with Gasteiger partial charge in [0.2, 0.25) is 15.9 Å². The largest absolute Gasteiger partial charge is 0.467 e. The summed E-state index contributed by atoms with van der Waals surface area (Å²) in [6.07, 6.45) is -4.73. The fourth-order valence-corrected chi connectivity index (χ4v) is 3.32. The minimum atomic E-state index is -4.73. The molecule has 0 radical (unpaired) electrons. The number of nitrogens with zero attached hydrogens (tertiary/aromatic N) is 2. The van der Waals surface area contributed by atoms with E-state index in [0.717, 1.165) is 4.68 Å². The van der Waals surface area contributed by atoms with E-state index in [0.29, 0.717) is 11.6 Å². The average molecular weight is 489 g/mol. The van der Waals surface area contributed by atoms with Gasteiger partial charge in [-0.2, -0.15) is 23.0 Å². The standard InChI is InChI=1S/C19H16ClF3N4O4S/c20-14-3-1-2-4-15(14)27-18(9-16(26-27)19(21,22)23)31-11-17(28)25-10-12-5-7-13(8-6-12)32(24,29)30/h1-9H,10-11H2,(H,25,28)(H2,24,29,30). The molecule has 0 saturated heterocycles. The van der Waals surface area contributed by atoms with E-state index in [-0.39, 0.29) is 28.0 Å². The number of nitrogens with two attached hydrogens (primary N) is 1. The highest BCUT2D eigenvalue weighted by atomic mass is 35.5. The first-order chi connectivity index (χ1) is 14.9. The molecule has 0 fully saturated rings. The van der Waals surface area contributed by atoms with Crippen LogP contribution in [0.2, 0.25) is 5.02 Å². The zero-order chi connectivity index (χ0) is 23.5. The van der Waals surface area contributed by atoms with Crippen LogP contribution in [0.25, 0.3) is 5.69 Å². The van der Waals surface area contributed by atoms with Crippen molar-refractivity contribution in [1.29, 1.82) is 0 Å². The summed E-state index contributed by atoms with van der Waals surface area (Å²) in [5.74, 6) is -0.945. The fourth-order valence-electron chi connectivity index (χ4n) is 2.59. The first kappa shape index (κ1) is 23.6. The van der Waals surface area contributed by atoms with E-state index < -0.39 is 34.4 Å². The van der Waals surface area contributed by atoms with Crippen LogP contribution in [0, 0.1) is 0 Å². The number of hydrogen-bond donors (Lipinski definition) is 2. The van der Waals surface area contributed by atoms with Gasteiger partial charge < -0.3 is 10.1 Å². The number of ether oxygens (including phenoxy) is 1. The molecule has 0 bridgehead atoms. The number of primary sulfonamides is 1. The second-order valence-corrected chi connectivity index (χ2v) is 8.45. The molecule has 1 aromatic heterocycles. The predicted molar refractivity (Wildman–Crippen MR) is 109 cm³/mol. The van der Waals surface area contributed by atoms with E-state index in [1.54, 1.807) is 12.1 Å². The van der Waals surface area contributed by atoms with Crippen molar-refractivity contribution in [2.75, 3.05) is 6.61 Å². The Morgan fingerprint density at radius 2 is 1.81 bits per heavy atom. The highest BCUT2D eigenvalue weighted by Gasteiger charge is 2.36. The van der Waals surface area contributed by atoms with Crippen molar-refractivity contribution < 1.29 is 31.1 Å². The molecule has 1 heterocycles. The van der Waals surface area contributed by atoms with Gasteiger partial charge in [0, 0.05) is 12.6 Å². The summed E-state index contributed by atoms with van der Waals surface area (Å²) in [6.45, 7) is -0.562. The van der Waals surface area contributed by atoms with Crippen molar-refractivity contribution in [2.24, 2.45) is 5.14 Å². The van der Waals surface area contributed by atoms with Gasteiger partial charge >= 0.3 is 6.18 Å². The molecule has 0 aliphatic heterocycles. The molecule has 3 aromatic rings. The Bertz CT molecular complexity index is 1230. The lowest BCUT2D eigenvalue weighted by Gasteiger charge is -2.11. The number of hydrogen-bond acceptors (Lipinski definition) is 5. The van der Waals surface area contributed by atoms with Crippen molar-refractivity contribution in [3.8, 4) is 11.6 Å². The van der Waals surface area contributed by atoms with Crippen LogP contribution >= 0.6 is 11.6 Å². The first-order valence-corrected chi connectivity index (χ1v) is 10.8. The molecule has 13 heteroatoms. The SMILES string of the molecule is NS(=O)(=O)c1ccc(CNC(=O)COc2cc(C(F)(F)F)nn2-c2ccccc2Cl)cc1. The molecule has 32 heavy (non-hydrogen) atoms. The topological polar surface area (TPSA) is 116 Å². The van der Waals surface area contributed by atoms with Crippen molar-refractivity contribution in [3.05, 3.63) is 70.9 Å². The smallest absolute Gasteiger partial charge is 0.435 e. The van der Waals surface area contributed by atoms with Crippen LogP contribution in [0.15, 0.2) is 59.5 Å². The van der Waals surface area contributed by atoms with Crippen LogP contribution in [0.1, 0.15) is 11.3 Å². The summed E-state index contributed by atoms with van der Waals surface area (Å²) in [5.41, 5.74) is -0.482. The number of para-hydroxylation sites is 1. The molecule has 0 saturated carbocycles. The average Bonchev–Trinajstić information content (AvgIpc) is 3.15. The molecule has 3 N–H and O–H groups in total. The number of benzene rings is 2. The Morgan fingerprint density at radius 3 is 2.41 bits per heavy atom. The van der Waals surface area contributed by atoms with Gasteiger partial charge in [-0.15, -0.1) is 0 Å². The maximum absolute atomic E-state index is 13.1. The van der Waals surface area contributed by atoms with Crippen LogP contribution in [-0.4, -0.2) is 30.7 Å². The van der Waals surface area contributed by atoms with E-state index >= 15 is 0 Å². The van der Waals surface area contributed by atoms with E-state index in [1.165, 1.54) is 36.4 Å². The van der Waals surface area contributed by atoms with Crippen LogP contribution in [0.3, 0.4) is 0 Å². The second-order valence-electron chi connectivity index (χ2n) is 6.48. The van der Waals surface area contributed by atoms with E-state index in [4.69, 9.17) is 21.5 Å². The van der Waals surface area contributed by atoms with E-state index in [9.17, 15) is 26.4 Å². The monoisotopic (exact) mass is 488 g/mol. The lowest BCUT2D eigenvalue weighted by molar-refractivity contribution is -0.141. The van der Waals surface area contributed by atoms with Crippen molar-refractivity contribution >= 4 is 27.5 Å². The number of carbonyl (C=O) groups is 1. The summed E-state index contributed by atoms with van der Waals surface area (Å²) in [4.78, 5) is 12.0. The number of nitrogens with one attached hydrogen (secondary N) is 1. The molecule has 0 spiro atoms. The molecule has 0 aliphatic carbocycles. The van der Waals surface area contributed by atoms with Gasteiger partial charge in [0.15, 0.2) is 12.3 Å². The van der Waals surface area contributed by atoms with E-state index in [1.807, 2.05) is 0 Å². The van der Waals surface area contributed by atoms with Gasteiger partial charge in [-0.1, -0.05) is 35.9 Å². The van der Waals surface area contributed by atoms with Crippen molar-refractivity contribution in [3.63, 3.8) is 0 Å². The summed E-state index contributed by atoms with van der Waals surface area (Å²) in [5, 5.41) is 11.2. The van der Waals surface area contributed by atoms with E-state index in [2.05, 4.69) is 10.4 Å².